The molecule has 2 atom stereocenters. The van der Waals surface area contributed by atoms with Gasteiger partial charge in [0.2, 0.25) is 10.0 Å². The predicted molar refractivity (Wildman–Crippen MR) is 51.1 cm³/mol. The monoisotopic (exact) mass is 214 g/mol. The Kier molecular flexibility index (Phi) is 4.47. The highest BCUT2D eigenvalue weighted by Crippen LogP contribution is 2.05. The van der Waals surface area contributed by atoms with Gasteiger partial charge in [0.1, 0.15) is 0 Å². The molecule has 0 aromatic heterocycles. The molecule has 1 aliphatic rings. The summed E-state index contributed by atoms with van der Waals surface area (Å²) < 4.78 is 24.1. The van der Waals surface area contributed by atoms with Gasteiger partial charge in [-0.2, -0.15) is 0 Å². The van der Waals surface area contributed by atoms with Crippen LogP contribution in [0.5, 0.6) is 0 Å². The summed E-state index contributed by atoms with van der Waals surface area (Å²) in [6.07, 6.45) is 2.07. The molecule has 0 aliphatic carbocycles. The summed E-state index contributed by atoms with van der Waals surface area (Å²) in [5.41, 5.74) is 0. The van der Waals surface area contributed by atoms with Crippen LogP contribution in [0.1, 0.15) is 13.3 Å². The normalized spacial score (nSPS) is 29.8. The largest absolute Gasteiger partial charge is 0.313 e. The topological polar surface area (TPSA) is 58.2 Å². The lowest BCUT2D eigenvalue weighted by molar-refractivity contribution is 0.563. The second-order valence-electron chi connectivity index (χ2n) is 3.13. The Balaban J connectivity index is 0.00000121. The maximum absolute atomic E-state index is 10.8. The minimum absolute atomic E-state index is 0. The summed E-state index contributed by atoms with van der Waals surface area (Å²) in [7, 11) is -3.02. The summed E-state index contributed by atoms with van der Waals surface area (Å²) >= 11 is 0. The van der Waals surface area contributed by atoms with Gasteiger partial charge in [0, 0.05) is 18.6 Å². The van der Waals surface area contributed by atoms with E-state index in [4.69, 9.17) is 0 Å². The van der Waals surface area contributed by atoms with Crippen LogP contribution in [-0.4, -0.2) is 33.3 Å². The minimum atomic E-state index is -3.02. The molecule has 0 aromatic carbocycles. The van der Waals surface area contributed by atoms with E-state index in [1.807, 2.05) is 6.92 Å². The van der Waals surface area contributed by atoms with Crippen molar-refractivity contribution in [2.24, 2.45) is 0 Å². The van der Waals surface area contributed by atoms with Gasteiger partial charge in [-0.05, 0) is 13.3 Å². The van der Waals surface area contributed by atoms with E-state index in [1.165, 1.54) is 6.26 Å². The highest BCUT2D eigenvalue weighted by Gasteiger charge is 2.22. The first-order valence-corrected chi connectivity index (χ1v) is 5.57. The zero-order chi connectivity index (χ0) is 8.48. The number of hydrogen-bond acceptors (Lipinski definition) is 3. The number of nitrogens with one attached hydrogen (secondary N) is 2. The van der Waals surface area contributed by atoms with Crippen molar-refractivity contribution in [3.63, 3.8) is 0 Å². The summed E-state index contributed by atoms with van der Waals surface area (Å²) in [5, 5.41) is 3.17. The quantitative estimate of drug-likeness (QED) is 0.664. The Morgan fingerprint density at radius 1 is 1.50 bits per heavy atom. The molecule has 0 unspecified atom stereocenters. The van der Waals surface area contributed by atoms with Crippen LogP contribution in [-0.2, 0) is 10.0 Å². The Labute approximate surface area is 79.6 Å². The predicted octanol–water partition coefficient (Wildman–Crippen LogP) is -0.292. The lowest BCUT2D eigenvalue weighted by Crippen LogP contribution is -2.35. The fourth-order valence-electron chi connectivity index (χ4n) is 1.33. The Hall–Kier alpha value is 0.160. The number of hydrogen-bond donors (Lipinski definition) is 2. The maximum Gasteiger partial charge on any atom is 0.208 e. The van der Waals surface area contributed by atoms with Gasteiger partial charge >= 0.3 is 0 Å². The number of halogens is 1. The van der Waals surface area contributed by atoms with E-state index >= 15 is 0 Å². The van der Waals surface area contributed by atoms with Gasteiger partial charge in [-0.15, -0.1) is 12.4 Å². The van der Waals surface area contributed by atoms with Gasteiger partial charge in [-0.25, -0.2) is 13.1 Å². The second kappa shape index (κ2) is 4.41. The van der Waals surface area contributed by atoms with Crippen molar-refractivity contribution < 1.29 is 8.42 Å². The molecule has 6 heteroatoms. The van der Waals surface area contributed by atoms with Crippen LogP contribution in [0.25, 0.3) is 0 Å². The second-order valence-corrected chi connectivity index (χ2v) is 4.91. The number of sulfonamides is 1. The fourth-order valence-corrected chi connectivity index (χ4v) is 2.11. The Morgan fingerprint density at radius 3 is 2.42 bits per heavy atom. The van der Waals surface area contributed by atoms with E-state index in [0.29, 0.717) is 6.04 Å². The molecule has 0 radical (unpaired) electrons. The van der Waals surface area contributed by atoms with Gasteiger partial charge < -0.3 is 5.32 Å². The molecule has 4 nitrogen and oxygen atoms in total. The van der Waals surface area contributed by atoms with Crippen LogP contribution in [0.2, 0.25) is 0 Å². The molecule has 0 saturated carbocycles. The van der Waals surface area contributed by atoms with Crippen molar-refractivity contribution in [1.82, 2.24) is 10.0 Å². The Bertz CT molecular complexity index is 230. The molecule has 1 heterocycles. The van der Waals surface area contributed by atoms with Crippen LogP contribution < -0.4 is 10.0 Å². The van der Waals surface area contributed by atoms with Crippen molar-refractivity contribution >= 4 is 22.4 Å². The van der Waals surface area contributed by atoms with Gasteiger partial charge in [-0.3, -0.25) is 0 Å². The van der Waals surface area contributed by atoms with Crippen molar-refractivity contribution in [1.29, 1.82) is 0 Å². The molecule has 2 N–H and O–H groups in total. The molecular weight excluding hydrogens is 200 g/mol. The Morgan fingerprint density at radius 2 is 2.08 bits per heavy atom. The average Bonchev–Trinajstić information content (AvgIpc) is 2.10. The first-order chi connectivity index (χ1) is 4.97. The zero-order valence-corrected chi connectivity index (χ0v) is 8.83. The molecule has 1 fully saturated rings. The zero-order valence-electron chi connectivity index (χ0n) is 7.20. The molecule has 0 amide bonds. The van der Waals surface area contributed by atoms with E-state index in [9.17, 15) is 8.42 Å². The first kappa shape index (κ1) is 12.2. The van der Waals surface area contributed by atoms with E-state index in [1.54, 1.807) is 0 Å². The van der Waals surface area contributed by atoms with Gasteiger partial charge in [0.15, 0.2) is 0 Å². The summed E-state index contributed by atoms with van der Waals surface area (Å²) in [6.45, 7) is 2.79. The molecule has 0 spiro atoms. The fraction of sp³-hybridized carbons (Fsp3) is 1.00. The third kappa shape index (κ3) is 4.25. The third-order valence-corrected chi connectivity index (χ3v) is 2.49. The highest BCUT2D eigenvalue weighted by molar-refractivity contribution is 7.88. The van der Waals surface area contributed by atoms with Gasteiger partial charge in [0.05, 0.1) is 6.26 Å². The average molecular weight is 215 g/mol. The van der Waals surface area contributed by atoms with E-state index < -0.39 is 10.0 Å². The third-order valence-electron chi connectivity index (χ3n) is 1.73. The molecule has 1 rings (SSSR count). The smallest absolute Gasteiger partial charge is 0.208 e. The molecule has 74 valence electrons. The van der Waals surface area contributed by atoms with Crippen molar-refractivity contribution in [2.45, 2.75) is 25.4 Å². The summed E-state index contributed by atoms with van der Waals surface area (Å²) in [4.78, 5) is 0. The van der Waals surface area contributed by atoms with E-state index in [2.05, 4.69) is 10.0 Å². The highest BCUT2D eigenvalue weighted by atomic mass is 35.5. The van der Waals surface area contributed by atoms with Crippen LogP contribution in [0.3, 0.4) is 0 Å². The van der Waals surface area contributed by atoms with Crippen molar-refractivity contribution in [2.75, 3.05) is 12.8 Å². The van der Waals surface area contributed by atoms with Crippen LogP contribution >= 0.6 is 12.4 Å². The molecule has 0 aromatic rings. The van der Waals surface area contributed by atoms with Gasteiger partial charge in [0.25, 0.3) is 0 Å². The number of rotatable bonds is 2. The van der Waals surface area contributed by atoms with Crippen molar-refractivity contribution in [3.8, 4) is 0 Å². The van der Waals surface area contributed by atoms with Crippen LogP contribution in [0.4, 0.5) is 0 Å². The minimum Gasteiger partial charge on any atom is -0.313 e. The maximum atomic E-state index is 10.8. The molecular formula is C6H15ClN2O2S. The lowest BCUT2D eigenvalue weighted by Gasteiger charge is -2.07. The lowest BCUT2D eigenvalue weighted by atomic mass is 10.2. The molecule has 1 aliphatic heterocycles. The summed E-state index contributed by atoms with van der Waals surface area (Å²) in [6, 6.07) is 0.509. The van der Waals surface area contributed by atoms with Crippen molar-refractivity contribution in [3.05, 3.63) is 0 Å². The SMILES string of the molecule is C[C@@H]1C[C@H](NS(C)(=O)=O)CN1.Cl. The molecule has 0 bridgehead atoms. The molecule has 1 saturated heterocycles. The van der Waals surface area contributed by atoms with Gasteiger partial charge in [-0.1, -0.05) is 0 Å². The summed E-state index contributed by atoms with van der Waals surface area (Å²) in [5.74, 6) is 0. The van der Waals surface area contributed by atoms with E-state index in [0.717, 1.165) is 13.0 Å². The van der Waals surface area contributed by atoms with Crippen LogP contribution in [0.15, 0.2) is 0 Å². The van der Waals surface area contributed by atoms with Crippen LogP contribution in [0, 0.1) is 0 Å². The standard InChI is InChI=1S/C6H14N2O2S.ClH/c1-5-3-6(4-7-5)8-11(2,9)10;/h5-8H,3-4H2,1-2H3;1H/t5-,6+;/m1./s1. The first-order valence-electron chi connectivity index (χ1n) is 3.68. The molecule has 12 heavy (non-hydrogen) atoms. The van der Waals surface area contributed by atoms with E-state index in [-0.39, 0.29) is 18.4 Å².